The molecule has 0 atom stereocenters. The van der Waals surface area contributed by atoms with Gasteiger partial charge in [-0.3, -0.25) is 0 Å². The van der Waals surface area contributed by atoms with E-state index >= 15 is 0 Å². The maximum Gasteiger partial charge on any atom is 0.137 e. The maximum absolute atomic E-state index is 5.77. The Hall–Kier alpha value is -1.22. The van der Waals surface area contributed by atoms with Crippen molar-refractivity contribution in [2.24, 2.45) is 11.8 Å². The van der Waals surface area contributed by atoms with Crippen molar-refractivity contribution in [3.63, 3.8) is 0 Å². The van der Waals surface area contributed by atoms with Crippen LogP contribution in [0.1, 0.15) is 32.6 Å². The van der Waals surface area contributed by atoms with Gasteiger partial charge in [0.15, 0.2) is 0 Å². The fourth-order valence-corrected chi connectivity index (χ4v) is 4.31. The molecule has 0 spiro atoms. The number of halogens is 2. The van der Waals surface area contributed by atoms with E-state index in [0.29, 0.717) is 11.8 Å². The average molecular weight is 570 g/mol. The molecule has 0 unspecified atom stereocenters. The number of nitrogens with zero attached hydrogens (tertiary/aromatic N) is 3. The Kier molecular flexibility index (Phi) is 11.2. The third-order valence-electron chi connectivity index (χ3n) is 5.98. The molecule has 0 radical (unpaired) electrons. The van der Waals surface area contributed by atoms with E-state index in [1.807, 2.05) is 24.3 Å². The van der Waals surface area contributed by atoms with Crippen LogP contribution in [-0.2, 0) is 0 Å². The molecule has 2 aliphatic heterocycles. The lowest BCUT2D eigenvalue weighted by Gasteiger charge is -2.30. The molecule has 2 aromatic rings. The van der Waals surface area contributed by atoms with Gasteiger partial charge in [-0.1, -0.05) is 6.92 Å². The molecule has 6 nitrogen and oxygen atoms in total. The Balaban J connectivity index is 0.000000182. The number of piperidine rings is 2. The molecule has 2 fully saturated rings. The first kappa shape index (κ1) is 25.4. The normalized spacial score (nSPS) is 18.0. The number of hydrogen-bond donors (Lipinski definition) is 1. The molecule has 1 N–H and O–H groups in total. The zero-order chi connectivity index (χ0) is 22.6. The van der Waals surface area contributed by atoms with Crippen LogP contribution >= 0.6 is 31.9 Å². The van der Waals surface area contributed by atoms with E-state index in [4.69, 9.17) is 9.47 Å². The van der Waals surface area contributed by atoms with Crippen LogP contribution in [0.5, 0.6) is 11.5 Å². The molecule has 8 heteroatoms. The number of hydrogen-bond acceptors (Lipinski definition) is 6. The predicted molar refractivity (Wildman–Crippen MR) is 135 cm³/mol. The molecule has 2 aromatic heterocycles. The lowest BCUT2D eigenvalue weighted by Crippen LogP contribution is -2.35. The highest BCUT2D eigenvalue weighted by molar-refractivity contribution is 9.10. The van der Waals surface area contributed by atoms with Crippen molar-refractivity contribution in [3.8, 4) is 11.5 Å². The fraction of sp³-hybridized carbons (Fsp3) is 0.583. The lowest BCUT2D eigenvalue weighted by molar-refractivity contribution is 0.145. The molecule has 176 valence electrons. The molecule has 0 saturated carbocycles. The number of nitrogens with one attached hydrogen (secondary N) is 1. The maximum atomic E-state index is 5.77. The molecule has 4 heterocycles. The molecule has 0 aliphatic carbocycles. The third-order valence-corrected chi connectivity index (χ3v) is 6.92. The van der Waals surface area contributed by atoms with E-state index < -0.39 is 0 Å². The van der Waals surface area contributed by atoms with E-state index in [1.54, 1.807) is 12.4 Å². The summed E-state index contributed by atoms with van der Waals surface area (Å²) in [5, 5.41) is 3.35. The summed E-state index contributed by atoms with van der Waals surface area (Å²) in [6, 6.07) is 7.71. The molecule has 2 aliphatic rings. The first-order chi connectivity index (χ1) is 15.6. The Bertz CT molecular complexity index is 763. The van der Waals surface area contributed by atoms with Gasteiger partial charge < -0.3 is 19.7 Å². The highest BCUT2D eigenvalue weighted by Crippen LogP contribution is 2.20. The molecule has 0 amide bonds. The van der Waals surface area contributed by atoms with Crippen LogP contribution in [0.2, 0.25) is 0 Å². The van der Waals surface area contributed by atoms with E-state index in [0.717, 1.165) is 47.0 Å². The zero-order valence-electron chi connectivity index (χ0n) is 18.8. The number of pyridine rings is 2. The summed E-state index contributed by atoms with van der Waals surface area (Å²) in [7, 11) is 0. The molecule has 4 rings (SSSR count). The monoisotopic (exact) mass is 568 g/mol. The summed E-state index contributed by atoms with van der Waals surface area (Å²) in [5.41, 5.74) is 0. The molecule has 2 saturated heterocycles. The number of rotatable bonds is 7. The lowest BCUT2D eigenvalue weighted by atomic mass is 9.98. The summed E-state index contributed by atoms with van der Waals surface area (Å²) >= 11 is 6.61. The first-order valence-corrected chi connectivity index (χ1v) is 13.1. The minimum Gasteiger partial charge on any atom is -0.492 e. The van der Waals surface area contributed by atoms with Crippen LogP contribution in [0.3, 0.4) is 0 Å². The quantitative estimate of drug-likeness (QED) is 0.464. The van der Waals surface area contributed by atoms with Crippen molar-refractivity contribution < 1.29 is 9.47 Å². The SMILES string of the molecule is Brc1ccc(OCC2CCNCC2)cn1.CCN1CCC(COc2ccc(Br)nc2)CC1. The Morgan fingerprint density at radius 3 is 1.78 bits per heavy atom. The van der Waals surface area contributed by atoms with Gasteiger partial charge in [0.1, 0.15) is 20.7 Å². The van der Waals surface area contributed by atoms with E-state index in [-0.39, 0.29) is 0 Å². The fourth-order valence-electron chi connectivity index (χ4n) is 3.84. The molecule has 32 heavy (non-hydrogen) atoms. The number of likely N-dealkylation sites (tertiary alicyclic amines) is 1. The average Bonchev–Trinajstić information content (AvgIpc) is 2.85. The summed E-state index contributed by atoms with van der Waals surface area (Å²) in [5.74, 6) is 3.11. The third kappa shape index (κ3) is 9.33. The van der Waals surface area contributed by atoms with Crippen molar-refractivity contribution in [2.45, 2.75) is 32.6 Å². The van der Waals surface area contributed by atoms with Gasteiger partial charge in [-0.2, -0.15) is 0 Å². The van der Waals surface area contributed by atoms with Crippen molar-refractivity contribution in [2.75, 3.05) is 45.9 Å². The van der Waals surface area contributed by atoms with Gasteiger partial charge in [-0.15, -0.1) is 0 Å². The van der Waals surface area contributed by atoms with Crippen LogP contribution in [0.15, 0.2) is 45.9 Å². The summed E-state index contributed by atoms with van der Waals surface area (Å²) in [4.78, 5) is 10.8. The van der Waals surface area contributed by atoms with Crippen molar-refractivity contribution in [1.29, 1.82) is 0 Å². The van der Waals surface area contributed by atoms with Gasteiger partial charge in [0.25, 0.3) is 0 Å². The second-order valence-electron chi connectivity index (χ2n) is 8.33. The smallest absolute Gasteiger partial charge is 0.137 e. The summed E-state index contributed by atoms with van der Waals surface area (Å²) < 4.78 is 13.1. The van der Waals surface area contributed by atoms with Crippen molar-refractivity contribution in [1.82, 2.24) is 20.2 Å². The van der Waals surface area contributed by atoms with E-state index in [9.17, 15) is 0 Å². The standard InChI is InChI=1S/C13H19BrN2O.C11H15BrN2O/c1-2-16-7-5-11(6-8-16)10-17-12-3-4-13(14)15-9-12;12-11-2-1-10(7-14-11)15-8-9-3-5-13-6-4-9/h3-4,9,11H,2,5-8,10H2,1H3;1-2,7,9,13H,3-6,8H2. The van der Waals surface area contributed by atoms with Gasteiger partial charge in [0.05, 0.1) is 25.6 Å². The Morgan fingerprint density at radius 1 is 0.844 bits per heavy atom. The van der Waals surface area contributed by atoms with Gasteiger partial charge in [-0.25, -0.2) is 9.97 Å². The summed E-state index contributed by atoms with van der Waals surface area (Å²) in [6.07, 6.45) is 8.44. The van der Waals surface area contributed by atoms with Crippen LogP contribution in [-0.4, -0.2) is 60.8 Å². The molecule has 0 aromatic carbocycles. The molecular weight excluding hydrogens is 536 g/mol. The van der Waals surface area contributed by atoms with E-state index in [2.05, 4.69) is 59.0 Å². The number of ether oxygens (including phenoxy) is 2. The Morgan fingerprint density at radius 2 is 1.34 bits per heavy atom. The van der Waals surface area contributed by atoms with E-state index in [1.165, 1.54) is 45.3 Å². The number of aromatic nitrogens is 2. The van der Waals surface area contributed by atoms with Crippen LogP contribution in [0, 0.1) is 11.8 Å². The highest BCUT2D eigenvalue weighted by Gasteiger charge is 2.18. The van der Waals surface area contributed by atoms with Crippen molar-refractivity contribution >= 4 is 31.9 Å². The predicted octanol–water partition coefficient (Wildman–Crippen LogP) is 5.18. The minimum absolute atomic E-state index is 0.690. The molecular formula is C24H34Br2N4O2. The van der Waals surface area contributed by atoms with Crippen LogP contribution in [0.25, 0.3) is 0 Å². The van der Waals surface area contributed by atoms with Crippen molar-refractivity contribution in [3.05, 3.63) is 45.9 Å². The van der Waals surface area contributed by atoms with Gasteiger partial charge in [0.2, 0.25) is 0 Å². The van der Waals surface area contributed by atoms with Crippen LogP contribution < -0.4 is 14.8 Å². The van der Waals surface area contributed by atoms with Gasteiger partial charge >= 0.3 is 0 Å². The van der Waals surface area contributed by atoms with Crippen LogP contribution in [0.4, 0.5) is 0 Å². The second-order valence-corrected chi connectivity index (χ2v) is 9.95. The zero-order valence-corrected chi connectivity index (χ0v) is 22.0. The van der Waals surface area contributed by atoms with Gasteiger partial charge in [-0.05, 0) is 126 Å². The minimum atomic E-state index is 0.690. The largest absolute Gasteiger partial charge is 0.492 e. The second kappa shape index (κ2) is 14.1. The topological polar surface area (TPSA) is 59.5 Å². The summed E-state index contributed by atoms with van der Waals surface area (Å²) in [6.45, 7) is 9.69. The molecule has 0 bridgehead atoms. The Labute approximate surface area is 208 Å². The first-order valence-electron chi connectivity index (χ1n) is 11.5. The highest BCUT2D eigenvalue weighted by atomic mass is 79.9. The van der Waals surface area contributed by atoms with Gasteiger partial charge in [0, 0.05) is 0 Å².